The summed E-state index contributed by atoms with van der Waals surface area (Å²) in [6, 6.07) is 6.47. The van der Waals surface area contributed by atoms with Gasteiger partial charge in [0.25, 0.3) is 5.91 Å². The summed E-state index contributed by atoms with van der Waals surface area (Å²) >= 11 is 11.7. The Hall–Kier alpha value is -2.05. The Bertz CT molecular complexity index is 785. The highest BCUT2D eigenvalue weighted by molar-refractivity contribution is 6.36. The zero-order valence-corrected chi connectivity index (χ0v) is 14.9. The normalized spacial score (nSPS) is 14.5. The van der Waals surface area contributed by atoms with Crippen molar-refractivity contribution in [2.24, 2.45) is 0 Å². The number of carbonyl (C=O) groups is 2. The highest BCUT2D eigenvalue weighted by Gasteiger charge is 2.21. The van der Waals surface area contributed by atoms with Gasteiger partial charge in [0.2, 0.25) is 0 Å². The van der Waals surface area contributed by atoms with Gasteiger partial charge in [0, 0.05) is 11.1 Å². The summed E-state index contributed by atoms with van der Waals surface area (Å²) in [5.41, 5.74) is 0.162. The number of benzene rings is 1. The molecule has 1 aromatic heterocycles. The average molecular weight is 382 g/mol. The Labute approximate surface area is 155 Å². The van der Waals surface area contributed by atoms with Crippen molar-refractivity contribution in [1.29, 1.82) is 0 Å². The van der Waals surface area contributed by atoms with Crippen LogP contribution in [0.2, 0.25) is 10.0 Å². The van der Waals surface area contributed by atoms with Crippen molar-refractivity contribution in [3.8, 4) is 0 Å². The molecule has 0 spiro atoms. The van der Waals surface area contributed by atoms with Crippen molar-refractivity contribution in [2.75, 3.05) is 11.9 Å². The molecule has 1 heterocycles. The number of hydrogen-bond acceptors (Lipinski definition) is 4. The second kappa shape index (κ2) is 7.89. The average Bonchev–Trinajstić information content (AvgIpc) is 3.23. The molecule has 25 heavy (non-hydrogen) atoms. The smallest absolute Gasteiger partial charge is 0.340 e. The highest BCUT2D eigenvalue weighted by atomic mass is 35.5. The third kappa shape index (κ3) is 4.32. The fourth-order valence-electron chi connectivity index (χ4n) is 2.90. The van der Waals surface area contributed by atoms with Gasteiger partial charge in [0.1, 0.15) is 5.82 Å². The van der Waals surface area contributed by atoms with E-state index < -0.39 is 18.5 Å². The van der Waals surface area contributed by atoms with E-state index in [-0.39, 0.29) is 10.6 Å². The van der Waals surface area contributed by atoms with Crippen LogP contribution in [0.3, 0.4) is 0 Å². The van der Waals surface area contributed by atoms with E-state index in [4.69, 9.17) is 27.9 Å². The highest BCUT2D eigenvalue weighted by Crippen LogP contribution is 2.31. The zero-order chi connectivity index (χ0) is 17.8. The molecule has 1 aliphatic rings. The molecule has 1 aromatic carbocycles. The molecule has 0 saturated heterocycles. The van der Waals surface area contributed by atoms with Gasteiger partial charge in [-0.05, 0) is 31.0 Å². The molecule has 132 valence electrons. The number of amides is 1. The van der Waals surface area contributed by atoms with Crippen molar-refractivity contribution >= 4 is 40.9 Å². The maximum atomic E-state index is 12.1. The standard InChI is InChI=1S/C17H17Cl2N3O3/c18-11-5-6-13(14(19)9-11)17(24)25-10-16(23)21-15-7-8-20-22(15)12-3-1-2-4-12/h5-9,12H,1-4,10H2,(H,21,23). The Morgan fingerprint density at radius 1 is 1.24 bits per heavy atom. The molecule has 8 heteroatoms. The lowest BCUT2D eigenvalue weighted by Gasteiger charge is -2.14. The number of esters is 1. The lowest BCUT2D eigenvalue weighted by Crippen LogP contribution is -2.23. The van der Waals surface area contributed by atoms with Crippen LogP contribution in [0.15, 0.2) is 30.5 Å². The third-order valence-electron chi connectivity index (χ3n) is 4.09. The van der Waals surface area contributed by atoms with Crippen molar-refractivity contribution in [2.45, 2.75) is 31.7 Å². The number of ether oxygens (including phenoxy) is 1. The number of carbonyl (C=O) groups excluding carboxylic acids is 2. The maximum Gasteiger partial charge on any atom is 0.340 e. The van der Waals surface area contributed by atoms with Crippen LogP contribution in [-0.2, 0) is 9.53 Å². The molecule has 0 unspecified atom stereocenters. The van der Waals surface area contributed by atoms with E-state index in [1.54, 1.807) is 12.3 Å². The van der Waals surface area contributed by atoms with Crippen LogP contribution in [0.4, 0.5) is 5.82 Å². The number of rotatable bonds is 5. The minimum atomic E-state index is -0.680. The first-order valence-corrected chi connectivity index (χ1v) is 8.76. The van der Waals surface area contributed by atoms with Crippen LogP contribution in [0, 0.1) is 0 Å². The summed E-state index contributed by atoms with van der Waals surface area (Å²) in [4.78, 5) is 24.1. The Balaban J connectivity index is 1.56. The molecule has 1 amide bonds. The van der Waals surface area contributed by atoms with E-state index in [1.807, 2.05) is 4.68 Å². The summed E-state index contributed by atoms with van der Waals surface area (Å²) in [7, 11) is 0. The van der Waals surface area contributed by atoms with Crippen molar-refractivity contribution in [3.05, 3.63) is 46.1 Å². The van der Waals surface area contributed by atoms with Crippen LogP contribution in [0.5, 0.6) is 0 Å². The maximum absolute atomic E-state index is 12.1. The van der Waals surface area contributed by atoms with Crippen LogP contribution in [-0.4, -0.2) is 28.3 Å². The van der Waals surface area contributed by atoms with Gasteiger partial charge in [-0.25, -0.2) is 9.48 Å². The van der Waals surface area contributed by atoms with Gasteiger partial charge in [-0.1, -0.05) is 36.0 Å². The van der Waals surface area contributed by atoms with Gasteiger partial charge in [-0.3, -0.25) is 4.79 Å². The molecule has 6 nitrogen and oxygen atoms in total. The molecule has 1 N–H and O–H groups in total. The Kier molecular flexibility index (Phi) is 5.60. The SMILES string of the molecule is O=C(COC(=O)c1ccc(Cl)cc1Cl)Nc1ccnn1C1CCCC1. The van der Waals surface area contributed by atoms with Crippen molar-refractivity contribution in [3.63, 3.8) is 0 Å². The van der Waals surface area contributed by atoms with Gasteiger partial charge < -0.3 is 10.1 Å². The van der Waals surface area contributed by atoms with Gasteiger partial charge in [-0.15, -0.1) is 0 Å². The molecular weight excluding hydrogens is 365 g/mol. The lowest BCUT2D eigenvalue weighted by molar-refractivity contribution is -0.119. The predicted octanol–water partition coefficient (Wildman–Crippen LogP) is 4.10. The van der Waals surface area contributed by atoms with Gasteiger partial charge in [0.05, 0.1) is 22.8 Å². The van der Waals surface area contributed by atoms with Crippen LogP contribution >= 0.6 is 23.2 Å². The fraction of sp³-hybridized carbons (Fsp3) is 0.353. The number of nitrogens with zero attached hydrogens (tertiary/aromatic N) is 2. The molecule has 2 aromatic rings. The number of aromatic nitrogens is 2. The summed E-state index contributed by atoms with van der Waals surface area (Å²) in [6.45, 7) is -0.409. The van der Waals surface area contributed by atoms with E-state index in [0.717, 1.165) is 25.7 Å². The van der Waals surface area contributed by atoms with Crippen molar-refractivity contribution < 1.29 is 14.3 Å². The second-order valence-corrected chi connectivity index (χ2v) is 6.69. The quantitative estimate of drug-likeness (QED) is 0.791. The van der Waals surface area contributed by atoms with Crippen molar-refractivity contribution in [1.82, 2.24) is 9.78 Å². The van der Waals surface area contributed by atoms with Crippen LogP contribution in [0.1, 0.15) is 42.1 Å². The van der Waals surface area contributed by atoms with E-state index in [2.05, 4.69) is 10.4 Å². The van der Waals surface area contributed by atoms with E-state index >= 15 is 0 Å². The number of nitrogens with one attached hydrogen (secondary N) is 1. The first kappa shape index (κ1) is 17.8. The molecule has 0 atom stereocenters. The number of halogens is 2. The Morgan fingerprint density at radius 2 is 2.00 bits per heavy atom. The molecule has 1 saturated carbocycles. The summed E-state index contributed by atoms with van der Waals surface area (Å²) in [5.74, 6) is -0.503. The van der Waals surface area contributed by atoms with Gasteiger partial charge in [0.15, 0.2) is 6.61 Å². The molecule has 1 fully saturated rings. The van der Waals surface area contributed by atoms with Crippen LogP contribution < -0.4 is 5.32 Å². The Morgan fingerprint density at radius 3 is 2.72 bits per heavy atom. The summed E-state index contributed by atoms with van der Waals surface area (Å²) < 4.78 is 6.84. The molecular formula is C17H17Cl2N3O3. The monoisotopic (exact) mass is 381 g/mol. The molecule has 0 bridgehead atoms. The summed E-state index contributed by atoms with van der Waals surface area (Å²) in [6.07, 6.45) is 6.07. The van der Waals surface area contributed by atoms with E-state index in [9.17, 15) is 9.59 Å². The minimum absolute atomic E-state index is 0.162. The lowest BCUT2D eigenvalue weighted by atomic mass is 10.2. The van der Waals surface area contributed by atoms with Gasteiger partial charge >= 0.3 is 5.97 Å². The zero-order valence-electron chi connectivity index (χ0n) is 13.4. The molecule has 0 radical (unpaired) electrons. The number of hydrogen-bond donors (Lipinski definition) is 1. The fourth-order valence-corrected chi connectivity index (χ4v) is 3.38. The van der Waals surface area contributed by atoms with E-state index in [0.29, 0.717) is 16.9 Å². The minimum Gasteiger partial charge on any atom is -0.452 e. The van der Waals surface area contributed by atoms with E-state index in [1.165, 1.54) is 18.2 Å². The molecule has 1 aliphatic carbocycles. The number of anilines is 1. The topological polar surface area (TPSA) is 73.2 Å². The first-order valence-electron chi connectivity index (χ1n) is 8.00. The summed E-state index contributed by atoms with van der Waals surface area (Å²) in [5, 5.41) is 7.60. The third-order valence-corrected chi connectivity index (χ3v) is 4.64. The largest absolute Gasteiger partial charge is 0.452 e. The first-order chi connectivity index (χ1) is 12.0. The van der Waals surface area contributed by atoms with Crippen LogP contribution in [0.25, 0.3) is 0 Å². The molecule has 3 rings (SSSR count). The second-order valence-electron chi connectivity index (χ2n) is 5.85. The van der Waals surface area contributed by atoms with Gasteiger partial charge in [-0.2, -0.15) is 5.10 Å². The molecule has 0 aliphatic heterocycles. The predicted molar refractivity (Wildman–Crippen MR) is 95.1 cm³/mol.